The fourth-order valence-electron chi connectivity index (χ4n) is 1.26. The van der Waals surface area contributed by atoms with Crippen molar-refractivity contribution in [2.45, 2.75) is 6.42 Å². The van der Waals surface area contributed by atoms with Gasteiger partial charge in [0.15, 0.2) is 11.6 Å². The molecule has 2 N–H and O–H groups in total. The zero-order valence-electron chi connectivity index (χ0n) is 9.36. The van der Waals surface area contributed by atoms with Crippen LogP contribution >= 0.6 is 0 Å². The lowest BCUT2D eigenvalue weighted by Crippen LogP contribution is -2.14. The second-order valence-corrected chi connectivity index (χ2v) is 3.22. The quantitative estimate of drug-likeness (QED) is 0.843. The molecular formula is C11H9FN2O4. The largest absolute Gasteiger partial charge is 0.494 e. The molecule has 0 radical (unpaired) electrons. The third-order valence-corrected chi connectivity index (χ3v) is 2.04. The monoisotopic (exact) mass is 252 g/mol. The Kier molecular flexibility index (Phi) is 4.21. The summed E-state index contributed by atoms with van der Waals surface area (Å²) in [5.74, 6) is -3.12. The first-order valence-electron chi connectivity index (χ1n) is 4.77. The first-order chi connectivity index (χ1) is 8.49. The van der Waals surface area contributed by atoms with Crippen LogP contribution in [0.25, 0.3) is 0 Å². The topological polar surface area (TPSA) is 99.4 Å². The van der Waals surface area contributed by atoms with Crippen molar-refractivity contribution < 1.29 is 23.8 Å². The van der Waals surface area contributed by atoms with Crippen LogP contribution in [-0.4, -0.2) is 24.1 Å². The van der Waals surface area contributed by atoms with Crippen molar-refractivity contribution in [2.75, 3.05) is 12.4 Å². The molecule has 0 atom stereocenters. The van der Waals surface area contributed by atoms with Gasteiger partial charge in [-0.2, -0.15) is 5.26 Å². The molecule has 1 amide bonds. The molecule has 0 heterocycles. The second-order valence-electron chi connectivity index (χ2n) is 3.22. The van der Waals surface area contributed by atoms with E-state index in [0.29, 0.717) is 0 Å². The Morgan fingerprint density at radius 3 is 2.72 bits per heavy atom. The number of anilines is 1. The van der Waals surface area contributed by atoms with Gasteiger partial charge in [-0.05, 0) is 6.07 Å². The fourth-order valence-corrected chi connectivity index (χ4v) is 1.26. The Bertz CT molecular complexity index is 537. The molecule has 6 nitrogen and oxygen atoms in total. The summed E-state index contributed by atoms with van der Waals surface area (Å²) in [6.07, 6.45) is -0.452. The minimum Gasteiger partial charge on any atom is -0.494 e. The number of methoxy groups -OCH3 is 1. The van der Waals surface area contributed by atoms with E-state index in [2.05, 4.69) is 10.1 Å². The summed E-state index contributed by atoms with van der Waals surface area (Å²) in [7, 11) is 1.19. The van der Waals surface area contributed by atoms with Crippen LogP contribution in [0.5, 0.6) is 5.75 Å². The number of nitrogens with one attached hydrogen (secondary N) is 1. The molecule has 0 fully saturated rings. The zero-order valence-corrected chi connectivity index (χ0v) is 9.36. The van der Waals surface area contributed by atoms with Gasteiger partial charge in [-0.15, -0.1) is 0 Å². The maximum absolute atomic E-state index is 13.4. The number of aromatic carboxylic acids is 1. The number of benzene rings is 1. The Balaban J connectivity index is 3.18. The number of carbonyl (C=O) groups excluding carboxylic acids is 1. The average Bonchev–Trinajstić information content (AvgIpc) is 2.29. The van der Waals surface area contributed by atoms with E-state index in [9.17, 15) is 14.0 Å². The smallest absolute Gasteiger partial charge is 0.337 e. The Labute approximate surface area is 102 Å². The van der Waals surface area contributed by atoms with Gasteiger partial charge in [0.1, 0.15) is 6.42 Å². The summed E-state index contributed by atoms with van der Waals surface area (Å²) < 4.78 is 18.0. The molecule has 0 aromatic heterocycles. The maximum atomic E-state index is 13.4. The number of halogens is 1. The normalized spacial score (nSPS) is 9.39. The average molecular weight is 252 g/mol. The third-order valence-electron chi connectivity index (χ3n) is 2.04. The molecule has 0 aliphatic carbocycles. The first kappa shape index (κ1) is 13.4. The van der Waals surface area contributed by atoms with Gasteiger partial charge in [0, 0.05) is 6.07 Å². The van der Waals surface area contributed by atoms with Crippen molar-refractivity contribution in [2.24, 2.45) is 0 Å². The highest BCUT2D eigenvalue weighted by atomic mass is 19.1. The predicted octanol–water partition coefficient (Wildman–Crippen LogP) is 1.38. The van der Waals surface area contributed by atoms with E-state index in [0.717, 1.165) is 12.1 Å². The van der Waals surface area contributed by atoms with Gasteiger partial charge >= 0.3 is 5.97 Å². The number of carboxylic acids is 1. The van der Waals surface area contributed by atoms with Crippen LogP contribution in [0.15, 0.2) is 12.1 Å². The van der Waals surface area contributed by atoms with Gasteiger partial charge in [-0.3, -0.25) is 4.79 Å². The molecule has 0 aliphatic heterocycles. The number of ether oxygens (including phenoxy) is 1. The molecular weight excluding hydrogens is 243 g/mol. The summed E-state index contributed by atoms with van der Waals surface area (Å²) in [6, 6.07) is 3.38. The van der Waals surface area contributed by atoms with Crippen molar-refractivity contribution in [1.82, 2.24) is 0 Å². The highest BCUT2D eigenvalue weighted by Gasteiger charge is 2.17. The van der Waals surface area contributed by atoms with Crippen molar-refractivity contribution in [1.29, 1.82) is 5.26 Å². The lowest BCUT2D eigenvalue weighted by Gasteiger charge is -2.10. The molecule has 1 aromatic carbocycles. The molecule has 0 saturated heterocycles. The molecule has 1 aromatic rings. The number of rotatable bonds is 4. The van der Waals surface area contributed by atoms with Crippen LogP contribution in [0.1, 0.15) is 16.8 Å². The van der Waals surface area contributed by atoms with E-state index in [1.165, 1.54) is 7.11 Å². The highest BCUT2D eigenvalue weighted by molar-refractivity contribution is 6.01. The number of hydrogen-bond donors (Lipinski definition) is 2. The van der Waals surface area contributed by atoms with Gasteiger partial charge < -0.3 is 15.2 Å². The van der Waals surface area contributed by atoms with Crippen LogP contribution in [0.2, 0.25) is 0 Å². The van der Waals surface area contributed by atoms with E-state index in [1.807, 2.05) is 0 Å². The van der Waals surface area contributed by atoms with Crippen molar-refractivity contribution >= 4 is 17.6 Å². The van der Waals surface area contributed by atoms with Crippen LogP contribution in [0.4, 0.5) is 10.1 Å². The maximum Gasteiger partial charge on any atom is 0.337 e. The first-order valence-corrected chi connectivity index (χ1v) is 4.77. The van der Waals surface area contributed by atoms with Crippen molar-refractivity contribution in [3.63, 3.8) is 0 Å². The summed E-state index contributed by atoms with van der Waals surface area (Å²) in [6.45, 7) is 0. The van der Waals surface area contributed by atoms with E-state index in [4.69, 9.17) is 10.4 Å². The summed E-state index contributed by atoms with van der Waals surface area (Å²) in [5.41, 5.74) is -0.541. The lowest BCUT2D eigenvalue weighted by molar-refractivity contribution is -0.115. The standard InChI is InChI=1S/C11H9FN2O4/c1-18-9-4-6(11(16)17)8(5-7(9)12)14-10(15)2-3-13/h4-5H,2H2,1H3,(H,14,15)(H,16,17). The molecule has 7 heteroatoms. The minimum atomic E-state index is -1.35. The van der Waals surface area contributed by atoms with E-state index in [-0.39, 0.29) is 17.0 Å². The van der Waals surface area contributed by atoms with Crippen LogP contribution in [0.3, 0.4) is 0 Å². The van der Waals surface area contributed by atoms with Crippen LogP contribution in [-0.2, 0) is 4.79 Å². The highest BCUT2D eigenvalue weighted by Crippen LogP contribution is 2.26. The summed E-state index contributed by atoms with van der Waals surface area (Å²) in [5, 5.41) is 19.4. The van der Waals surface area contributed by atoms with Crippen molar-refractivity contribution in [3.05, 3.63) is 23.5 Å². The second kappa shape index (κ2) is 5.63. The molecule has 0 spiro atoms. The minimum absolute atomic E-state index is 0.221. The number of amides is 1. The van der Waals surface area contributed by atoms with Gasteiger partial charge in [0.25, 0.3) is 0 Å². The van der Waals surface area contributed by atoms with E-state index < -0.39 is 24.1 Å². The number of carboxylic acid groups (broad SMARTS) is 1. The number of hydrogen-bond acceptors (Lipinski definition) is 4. The molecule has 94 valence electrons. The number of carbonyl (C=O) groups is 2. The van der Waals surface area contributed by atoms with Crippen LogP contribution in [0, 0.1) is 17.1 Å². The van der Waals surface area contributed by atoms with Gasteiger partial charge in [0.2, 0.25) is 5.91 Å². The molecule has 0 aliphatic rings. The molecule has 0 bridgehead atoms. The Morgan fingerprint density at radius 1 is 1.56 bits per heavy atom. The Morgan fingerprint density at radius 2 is 2.22 bits per heavy atom. The molecule has 0 saturated carbocycles. The predicted molar refractivity (Wildman–Crippen MR) is 58.8 cm³/mol. The SMILES string of the molecule is COc1cc(C(=O)O)c(NC(=O)CC#N)cc1F. The van der Waals surface area contributed by atoms with E-state index >= 15 is 0 Å². The van der Waals surface area contributed by atoms with Gasteiger partial charge in [-0.1, -0.05) is 0 Å². The zero-order chi connectivity index (χ0) is 13.7. The van der Waals surface area contributed by atoms with Gasteiger partial charge in [-0.25, -0.2) is 9.18 Å². The van der Waals surface area contributed by atoms with Crippen LogP contribution < -0.4 is 10.1 Å². The summed E-state index contributed by atoms with van der Waals surface area (Å²) in [4.78, 5) is 22.1. The van der Waals surface area contributed by atoms with Crippen molar-refractivity contribution in [3.8, 4) is 11.8 Å². The number of nitriles is 1. The summed E-state index contributed by atoms with van der Waals surface area (Å²) >= 11 is 0. The molecule has 18 heavy (non-hydrogen) atoms. The Hall–Kier alpha value is -2.62. The lowest BCUT2D eigenvalue weighted by atomic mass is 10.1. The van der Waals surface area contributed by atoms with E-state index in [1.54, 1.807) is 6.07 Å². The fraction of sp³-hybridized carbons (Fsp3) is 0.182. The number of nitrogens with zero attached hydrogens (tertiary/aromatic N) is 1. The molecule has 0 unspecified atom stereocenters. The molecule has 1 rings (SSSR count). The van der Waals surface area contributed by atoms with Gasteiger partial charge in [0.05, 0.1) is 24.4 Å². The third kappa shape index (κ3) is 2.95.